The molecule has 3 nitrogen and oxygen atoms in total. The van der Waals surface area contributed by atoms with Crippen molar-refractivity contribution in [2.75, 3.05) is 13.1 Å². The fraction of sp³-hybridized carbons (Fsp3) is 0.500. The summed E-state index contributed by atoms with van der Waals surface area (Å²) in [6.45, 7) is 8.53. The van der Waals surface area contributed by atoms with Crippen LogP contribution in [0.5, 0.6) is 0 Å². The highest BCUT2D eigenvalue weighted by molar-refractivity contribution is 5.85. The Morgan fingerprint density at radius 2 is 1.91 bits per heavy atom. The Bertz CT molecular complexity index is 1330. The van der Waals surface area contributed by atoms with E-state index in [4.69, 9.17) is 0 Å². The molecule has 2 atom stereocenters. The van der Waals surface area contributed by atoms with Crippen molar-refractivity contribution in [1.29, 1.82) is 0 Å². The van der Waals surface area contributed by atoms with Crippen LogP contribution < -0.4 is 0 Å². The largest absolute Gasteiger partial charge is 0.371 e. The molecule has 228 valence electrons. The molecule has 0 bridgehead atoms. The zero-order valence-electron chi connectivity index (χ0n) is 26.9. The van der Waals surface area contributed by atoms with E-state index >= 15 is 0 Å². The molecule has 0 N–H and O–H groups in total. The van der Waals surface area contributed by atoms with E-state index in [0.29, 0.717) is 17.6 Å². The monoisotopic (exact) mass is 576 g/mol. The van der Waals surface area contributed by atoms with Gasteiger partial charge < -0.3 is 4.90 Å². The third-order valence-corrected chi connectivity index (χ3v) is 9.50. The van der Waals surface area contributed by atoms with Crippen molar-refractivity contribution in [2.45, 2.75) is 97.8 Å². The molecule has 1 heterocycles. The molecule has 1 aromatic rings. The maximum Gasteiger partial charge on any atom is 0.138 e. The first-order valence-electron chi connectivity index (χ1n) is 17.2. The van der Waals surface area contributed by atoms with E-state index in [1.807, 2.05) is 12.4 Å². The number of Topliss-reactive ketones (excluding diaryl/α,β-unsaturated/α-hetero) is 1. The van der Waals surface area contributed by atoms with Crippen molar-refractivity contribution < 1.29 is 4.79 Å². The first kappa shape index (κ1) is 31.2. The van der Waals surface area contributed by atoms with Crippen molar-refractivity contribution in [3.8, 4) is 0 Å². The molecule has 0 saturated heterocycles. The minimum absolute atomic E-state index is 0.132. The van der Waals surface area contributed by atoms with E-state index < -0.39 is 0 Å². The summed E-state index contributed by atoms with van der Waals surface area (Å²) in [6.07, 6.45) is 32.1. The minimum atomic E-state index is 0.132. The molecule has 1 fully saturated rings. The number of hydrogen-bond donors (Lipinski definition) is 0. The average molecular weight is 577 g/mol. The van der Waals surface area contributed by atoms with Crippen LogP contribution in [0, 0.1) is 17.8 Å². The molecular formula is C40H52N2O. The minimum Gasteiger partial charge on any atom is -0.371 e. The smallest absolute Gasteiger partial charge is 0.138 e. The second kappa shape index (κ2) is 15.5. The normalized spacial score (nSPS) is 21.1. The van der Waals surface area contributed by atoms with Crippen molar-refractivity contribution in [1.82, 2.24) is 4.90 Å². The number of carbonyl (C=O) groups excluding carboxylic acids is 1. The maximum atomic E-state index is 12.6. The van der Waals surface area contributed by atoms with Gasteiger partial charge >= 0.3 is 0 Å². The zero-order chi connectivity index (χ0) is 30.0. The van der Waals surface area contributed by atoms with Crippen LogP contribution in [-0.2, 0) is 4.79 Å². The summed E-state index contributed by atoms with van der Waals surface area (Å²) < 4.78 is 0. The lowest BCUT2D eigenvalue weighted by Crippen LogP contribution is -2.29. The van der Waals surface area contributed by atoms with Crippen LogP contribution in [0.3, 0.4) is 0 Å². The van der Waals surface area contributed by atoms with E-state index in [-0.39, 0.29) is 5.92 Å². The predicted octanol–water partition coefficient (Wildman–Crippen LogP) is 10.3. The van der Waals surface area contributed by atoms with Gasteiger partial charge in [0.15, 0.2) is 0 Å². The topological polar surface area (TPSA) is 32.7 Å². The fourth-order valence-corrected chi connectivity index (χ4v) is 6.84. The Hall–Kier alpha value is -3.20. The molecule has 0 amide bonds. The number of aliphatic imine (C=N–C) groups is 1. The molecule has 1 aliphatic heterocycles. The van der Waals surface area contributed by atoms with Gasteiger partial charge in [-0.1, -0.05) is 87.8 Å². The Morgan fingerprint density at radius 1 is 1.07 bits per heavy atom. The standard InChI is InChI=1S/C40H52N2O/c1-4-9-32-10-6-7-11-33(27-32)13-8-12-31-14-16-34(17-15-31)36-20-21-37-29-41-24-22-39(38(37)28-36)42(25-5-2)26-23-30(3)40(43)35-18-19-35/h8,12,14-17,20,22,24,27-30,33,35H,4-7,9-11,13,18-19,21,23,25-26H2,1-3H3/b12-8+/t30-,33?/m0/s1. The van der Waals surface area contributed by atoms with Gasteiger partial charge in [0.1, 0.15) is 5.78 Å². The highest BCUT2D eigenvalue weighted by atomic mass is 16.1. The molecule has 1 aromatic carbocycles. The molecule has 43 heavy (non-hydrogen) atoms. The Balaban J connectivity index is 1.26. The Morgan fingerprint density at radius 3 is 2.67 bits per heavy atom. The molecular weight excluding hydrogens is 524 g/mol. The van der Waals surface area contributed by atoms with Crippen molar-refractivity contribution >= 4 is 23.6 Å². The maximum absolute atomic E-state index is 12.6. The van der Waals surface area contributed by atoms with Gasteiger partial charge in [0.2, 0.25) is 0 Å². The number of nitrogens with zero attached hydrogens (tertiary/aromatic N) is 2. The van der Waals surface area contributed by atoms with Crippen LogP contribution in [0.1, 0.15) is 109 Å². The van der Waals surface area contributed by atoms with Crippen LogP contribution in [0.25, 0.3) is 11.6 Å². The molecule has 4 aliphatic rings. The highest BCUT2D eigenvalue weighted by Gasteiger charge is 2.33. The first-order chi connectivity index (χ1) is 21.1. The summed E-state index contributed by atoms with van der Waals surface area (Å²) in [7, 11) is 0. The third kappa shape index (κ3) is 8.68. The fourth-order valence-electron chi connectivity index (χ4n) is 6.84. The molecule has 3 aliphatic carbocycles. The predicted molar refractivity (Wildman–Crippen MR) is 184 cm³/mol. The molecule has 0 aromatic heterocycles. The lowest BCUT2D eigenvalue weighted by Gasteiger charge is -2.31. The van der Waals surface area contributed by atoms with Crippen molar-refractivity contribution in [2.24, 2.45) is 22.7 Å². The molecule has 0 radical (unpaired) electrons. The molecule has 1 unspecified atom stereocenters. The van der Waals surface area contributed by atoms with Crippen molar-refractivity contribution in [3.63, 3.8) is 0 Å². The quantitative estimate of drug-likeness (QED) is 0.206. The summed E-state index contributed by atoms with van der Waals surface area (Å²) in [5.41, 5.74) is 9.26. The molecule has 0 spiro atoms. The summed E-state index contributed by atoms with van der Waals surface area (Å²) in [4.78, 5) is 19.7. The summed E-state index contributed by atoms with van der Waals surface area (Å²) in [5, 5.41) is 0. The Labute approximate surface area is 260 Å². The number of hydrogen-bond acceptors (Lipinski definition) is 3. The van der Waals surface area contributed by atoms with E-state index in [1.165, 1.54) is 72.1 Å². The number of fused-ring (bicyclic) bond motifs is 1. The Kier molecular flexibility index (Phi) is 11.3. The van der Waals surface area contributed by atoms with Crippen LogP contribution in [0.4, 0.5) is 0 Å². The zero-order valence-corrected chi connectivity index (χ0v) is 26.9. The van der Waals surface area contributed by atoms with Gasteiger partial charge in [0.25, 0.3) is 0 Å². The molecule has 1 saturated carbocycles. The van der Waals surface area contributed by atoms with E-state index in [0.717, 1.165) is 51.6 Å². The third-order valence-electron chi connectivity index (χ3n) is 9.50. The van der Waals surface area contributed by atoms with Crippen LogP contribution in [-0.4, -0.2) is 30.0 Å². The SMILES string of the molecule is CCCC1=CC(C/C=C/c2ccc(C3=CCC4=CN=CC=C(N(CCC)CC[C@H](C)C(=O)C5CC5)C4=C3)cc2)CCCC1. The van der Waals surface area contributed by atoms with Gasteiger partial charge in [-0.15, -0.1) is 0 Å². The molecule has 5 rings (SSSR count). The van der Waals surface area contributed by atoms with Gasteiger partial charge in [0.05, 0.1) is 0 Å². The lowest BCUT2D eigenvalue weighted by molar-refractivity contribution is -0.123. The van der Waals surface area contributed by atoms with Crippen LogP contribution in [0.2, 0.25) is 0 Å². The number of benzene rings is 1. The van der Waals surface area contributed by atoms with E-state index in [1.54, 1.807) is 5.57 Å². The van der Waals surface area contributed by atoms with Gasteiger partial charge in [-0.2, -0.15) is 0 Å². The highest BCUT2D eigenvalue weighted by Crippen LogP contribution is 2.37. The van der Waals surface area contributed by atoms with Crippen LogP contribution >= 0.6 is 0 Å². The molecule has 3 heteroatoms. The first-order valence-corrected chi connectivity index (χ1v) is 17.2. The number of carbonyl (C=O) groups is 1. The second-order valence-electron chi connectivity index (χ2n) is 13.1. The number of rotatable bonds is 14. The van der Waals surface area contributed by atoms with E-state index in [9.17, 15) is 4.79 Å². The van der Waals surface area contributed by atoms with Gasteiger partial charge in [0, 0.05) is 48.6 Å². The summed E-state index contributed by atoms with van der Waals surface area (Å²) in [6, 6.07) is 9.06. The van der Waals surface area contributed by atoms with Gasteiger partial charge in [-0.3, -0.25) is 9.79 Å². The number of ketones is 1. The van der Waals surface area contributed by atoms with Crippen LogP contribution in [0.15, 0.2) is 88.3 Å². The second-order valence-corrected chi connectivity index (χ2v) is 13.1. The number of allylic oxidation sites excluding steroid dienone is 8. The van der Waals surface area contributed by atoms with Crippen molar-refractivity contribution in [3.05, 3.63) is 94.4 Å². The summed E-state index contributed by atoms with van der Waals surface area (Å²) >= 11 is 0. The average Bonchev–Trinajstić information content (AvgIpc) is 3.89. The summed E-state index contributed by atoms with van der Waals surface area (Å²) in [5.74, 6) is 1.63. The van der Waals surface area contributed by atoms with E-state index in [2.05, 4.69) is 91.4 Å². The van der Waals surface area contributed by atoms with Gasteiger partial charge in [-0.25, -0.2) is 0 Å². The lowest BCUT2D eigenvalue weighted by atomic mass is 9.88. The van der Waals surface area contributed by atoms with Gasteiger partial charge in [-0.05, 0) is 105 Å².